The summed E-state index contributed by atoms with van der Waals surface area (Å²) in [6.45, 7) is 9.31. The van der Waals surface area contributed by atoms with Crippen LogP contribution < -0.4 is 0 Å². The van der Waals surface area contributed by atoms with Crippen LogP contribution in [0.3, 0.4) is 0 Å². The van der Waals surface area contributed by atoms with E-state index in [2.05, 4.69) is 141 Å². The van der Waals surface area contributed by atoms with Gasteiger partial charge in [-0.1, -0.05) is 100 Å². The second-order valence-electron chi connectivity index (χ2n) is 11.3. The Balaban J connectivity index is 1.39. The van der Waals surface area contributed by atoms with Crippen LogP contribution in [0.1, 0.15) is 50.3 Å². The fourth-order valence-electron chi connectivity index (χ4n) is 6.30. The summed E-state index contributed by atoms with van der Waals surface area (Å²) >= 11 is 0. The Morgan fingerprint density at radius 1 is 0.568 bits per heavy atom. The molecule has 0 N–H and O–H groups in total. The van der Waals surface area contributed by atoms with Crippen molar-refractivity contribution in [2.45, 2.75) is 39.0 Å². The van der Waals surface area contributed by atoms with E-state index in [1.54, 1.807) is 0 Å². The lowest BCUT2D eigenvalue weighted by atomic mass is 9.80. The van der Waals surface area contributed by atoms with E-state index < -0.39 is 0 Å². The minimum Gasteiger partial charge on any atom is -0.309 e. The Kier molecular flexibility index (Phi) is 4.75. The van der Waals surface area contributed by atoms with Crippen molar-refractivity contribution in [3.05, 3.63) is 126 Å². The minimum absolute atomic E-state index is 0.0149. The first-order valence-electron chi connectivity index (χ1n) is 13.3. The molecular formula is C36H31N. The minimum atomic E-state index is -0.0149. The molecule has 1 heterocycles. The van der Waals surface area contributed by atoms with Crippen LogP contribution in [-0.2, 0) is 5.41 Å². The average molecular weight is 478 g/mol. The van der Waals surface area contributed by atoms with Crippen LogP contribution in [0.4, 0.5) is 0 Å². The van der Waals surface area contributed by atoms with E-state index in [4.69, 9.17) is 0 Å². The number of para-hydroxylation sites is 2. The molecule has 0 aliphatic heterocycles. The molecule has 0 unspecified atom stereocenters. The van der Waals surface area contributed by atoms with Gasteiger partial charge in [0.25, 0.3) is 0 Å². The van der Waals surface area contributed by atoms with E-state index in [1.165, 1.54) is 66.4 Å². The number of hydrogen-bond acceptors (Lipinski definition) is 0. The molecule has 0 amide bonds. The van der Waals surface area contributed by atoms with Crippen molar-refractivity contribution in [3.63, 3.8) is 0 Å². The molecule has 0 fully saturated rings. The monoisotopic (exact) mass is 477 g/mol. The maximum atomic E-state index is 2.43. The highest BCUT2D eigenvalue weighted by Gasteiger charge is 2.35. The summed E-state index contributed by atoms with van der Waals surface area (Å²) in [6, 6.07) is 40.5. The first-order valence-corrected chi connectivity index (χ1v) is 13.3. The van der Waals surface area contributed by atoms with Crippen LogP contribution in [-0.4, -0.2) is 4.57 Å². The van der Waals surface area contributed by atoms with E-state index in [0.717, 1.165) is 0 Å². The van der Waals surface area contributed by atoms with E-state index >= 15 is 0 Å². The molecule has 1 aliphatic rings. The van der Waals surface area contributed by atoms with Crippen molar-refractivity contribution in [1.82, 2.24) is 4.57 Å². The van der Waals surface area contributed by atoms with Crippen LogP contribution in [0.25, 0.3) is 49.7 Å². The van der Waals surface area contributed by atoms with E-state index in [-0.39, 0.29) is 5.41 Å². The van der Waals surface area contributed by atoms with Crippen molar-refractivity contribution in [2.75, 3.05) is 0 Å². The average Bonchev–Trinajstić information content (AvgIpc) is 3.37. The molecule has 180 valence electrons. The molecule has 1 aromatic heterocycles. The van der Waals surface area contributed by atoms with Gasteiger partial charge in [0.2, 0.25) is 0 Å². The number of rotatable bonds is 3. The zero-order valence-corrected chi connectivity index (χ0v) is 21.9. The maximum Gasteiger partial charge on any atom is 0.0541 e. The standard InChI is InChI=1S/C36H31N/c1-23(2)24-14-17-28-29-18-15-26(22-33(29)36(3,4)32(28)21-24)25-16-19-35-31(20-25)30-12-8-9-13-34(30)37(35)27-10-6-5-7-11-27/h5-23H,1-4H3. The van der Waals surface area contributed by atoms with Gasteiger partial charge in [0, 0.05) is 21.9 Å². The van der Waals surface area contributed by atoms with E-state index in [1.807, 2.05) is 0 Å². The lowest BCUT2D eigenvalue weighted by Crippen LogP contribution is -2.15. The number of hydrogen-bond donors (Lipinski definition) is 0. The number of fused-ring (bicyclic) bond motifs is 6. The molecule has 1 aliphatic carbocycles. The lowest BCUT2D eigenvalue weighted by Gasteiger charge is -2.23. The number of benzene rings is 5. The highest BCUT2D eigenvalue weighted by molar-refractivity contribution is 6.10. The predicted molar refractivity (Wildman–Crippen MR) is 158 cm³/mol. The molecule has 0 spiro atoms. The molecule has 6 aromatic rings. The van der Waals surface area contributed by atoms with Crippen molar-refractivity contribution < 1.29 is 0 Å². The maximum absolute atomic E-state index is 2.43. The van der Waals surface area contributed by atoms with Crippen LogP contribution in [0.2, 0.25) is 0 Å². The van der Waals surface area contributed by atoms with Crippen molar-refractivity contribution in [3.8, 4) is 27.9 Å². The largest absolute Gasteiger partial charge is 0.309 e. The van der Waals surface area contributed by atoms with Gasteiger partial charge in [0.1, 0.15) is 0 Å². The van der Waals surface area contributed by atoms with E-state index in [9.17, 15) is 0 Å². The third-order valence-electron chi connectivity index (χ3n) is 8.39. The molecule has 7 rings (SSSR count). The highest BCUT2D eigenvalue weighted by atomic mass is 15.0. The first-order chi connectivity index (χ1) is 17.9. The zero-order valence-electron chi connectivity index (χ0n) is 21.9. The van der Waals surface area contributed by atoms with Crippen molar-refractivity contribution >= 4 is 21.8 Å². The van der Waals surface area contributed by atoms with Gasteiger partial charge in [-0.2, -0.15) is 0 Å². The van der Waals surface area contributed by atoms with Gasteiger partial charge in [-0.25, -0.2) is 0 Å². The molecule has 1 nitrogen and oxygen atoms in total. The molecule has 1 heteroatoms. The molecule has 0 saturated carbocycles. The van der Waals surface area contributed by atoms with Gasteiger partial charge >= 0.3 is 0 Å². The molecule has 0 bridgehead atoms. The van der Waals surface area contributed by atoms with Crippen LogP contribution >= 0.6 is 0 Å². The highest BCUT2D eigenvalue weighted by Crippen LogP contribution is 2.50. The summed E-state index contributed by atoms with van der Waals surface area (Å²) in [4.78, 5) is 0. The Morgan fingerprint density at radius 3 is 1.97 bits per heavy atom. The summed E-state index contributed by atoms with van der Waals surface area (Å²) in [7, 11) is 0. The smallest absolute Gasteiger partial charge is 0.0541 e. The third kappa shape index (κ3) is 3.23. The predicted octanol–water partition coefficient (Wildman–Crippen LogP) is 9.88. The fraction of sp³-hybridized carbons (Fsp3) is 0.167. The van der Waals surface area contributed by atoms with Crippen LogP contribution in [0.5, 0.6) is 0 Å². The van der Waals surface area contributed by atoms with Gasteiger partial charge in [0.15, 0.2) is 0 Å². The van der Waals surface area contributed by atoms with Gasteiger partial charge in [-0.15, -0.1) is 0 Å². The van der Waals surface area contributed by atoms with Gasteiger partial charge in [-0.05, 0) is 81.3 Å². The Bertz CT molecular complexity index is 1820. The molecule has 37 heavy (non-hydrogen) atoms. The summed E-state index contributed by atoms with van der Waals surface area (Å²) in [6.07, 6.45) is 0. The van der Waals surface area contributed by atoms with Gasteiger partial charge in [0.05, 0.1) is 11.0 Å². The summed E-state index contributed by atoms with van der Waals surface area (Å²) in [5.41, 5.74) is 13.3. The molecule has 0 atom stereocenters. The number of nitrogens with zero attached hydrogens (tertiary/aromatic N) is 1. The second-order valence-corrected chi connectivity index (χ2v) is 11.3. The first kappa shape index (κ1) is 22.1. The summed E-state index contributed by atoms with van der Waals surface area (Å²) in [5.74, 6) is 0.533. The third-order valence-corrected chi connectivity index (χ3v) is 8.39. The second kappa shape index (κ2) is 7.95. The fourth-order valence-corrected chi connectivity index (χ4v) is 6.30. The Morgan fingerprint density at radius 2 is 1.19 bits per heavy atom. The Hall–Kier alpha value is -4.10. The van der Waals surface area contributed by atoms with Gasteiger partial charge < -0.3 is 4.57 Å². The lowest BCUT2D eigenvalue weighted by molar-refractivity contribution is 0.658. The zero-order chi connectivity index (χ0) is 25.3. The number of aromatic nitrogens is 1. The molecular weight excluding hydrogens is 446 g/mol. The SMILES string of the molecule is CC(C)c1ccc2c(c1)C(C)(C)c1cc(-c3ccc4c(c3)c3ccccc3n4-c3ccccc3)ccc1-2. The van der Waals surface area contributed by atoms with Gasteiger partial charge in [-0.3, -0.25) is 0 Å². The molecule has 0 saturated heterocycles. The normalized spacial score (nSPS) is 13.9. The summed E-state index contributed by atoms with van der Waals surface area (Å²) < 4.78 is 2.38. The molecule has 5 aromatic carbocycles. The topological polar surface area (TPSA) is 4.93 Å². The van der Waals surface area contributed by atoms with Crippen molar-refractivity contribution in [1.29, 1.82) is 0 Å². The van der Waals surface area contributed by atoms with E-state index in [0.29, 0.717) is 5.92 Å². The Labute approximate surface area is 219 Å². The quantitative estimate of drug-likeness (QED) is 0.239. The van der Waals surface area contributed by atoms with Crippen LogP contribution in [0, 0.1) is 0 Å². The molecule has 0 radical (unpaired) electrons. The van der Waals surface area contributed by atoms with Crippen molar-refractivity contribution in [2.24, 2.45) is 0 Å². The van der Waals surface area contributed by atoms with Crippen LogP contribution in [0.15, 0.2) is 109 Å². The summed E-state index contributed by atoms with van der Waals surface area (Å²) in [5, 5.41) is 2.58.